The van der Waals surface area contributed by atoms with E-state index in [1.54, 1.807) is 0 Å². The van der Waals surface area contributed by atoms with Crippen LogP contribution >= 0.6 is 0 Å². The summed E-state index contributed by atoms with van der Waals surface area (Å²) in [6.07, 6.45) is -3.44. The molecule has 7 heteroatoms. The van der Waals surface area contributed by atoms with E-state index in [1.165, 1.54) is 4.90 Å². The van der Waals surface area contributed by atoms with Crippen molar-refractivity contribution in [1.29, 1.82) is 0 Å². The van der Waals surface area contributed by atoms with Gasteiger partial charge in [0.05, 0.1) is 11.1 Å². The van der Waals surface area contributed by atoms with Crippen molar-refractivity contribution in [2.45, 2.75) is 19.0 Å². The van der Waals surface area contributed by atoms with Crippen molar-refractivity contribution in [3.05, 3.63) is 35.1 Å². The Kier molecular flexibility index (Phi) is 4.51. The molecule has 0 saturated carbocycles. The molecular weight excluding hydrogens is 290 g/mol. The first-order valence-corrected chi connectivity index (χ1v) is 6.60. The summed E-state index contributed by atoms with van der Waals surface area (Å²) in [5.74, 6) is -1.94. The quantitative estimate of drug-likeness (QED) is 0.854. The number of amides is 1. The number of aliphatic hydroxyl groups excluding tert-OH is 1. The van der Waals surface area contributed by atoms with Gasteiger partial charge < -0.3 is 10.0 Å². The van der Waals surface area contributed by atoms with Crippen LogP contribution in [-0.4, -0.2) is 35.6 Å². The number of alkyl halides is 3. The lowest BCUT2D eigenvalue weighted by Gasteiger charge is -2.32. The summed E-state index contributed by atoms with van der Waals surface area (Å²) in [4.78, 5) is 13.5. The van der Waals surface area contributed by atoms with Crippen LogP contribution in [0.25, 0.3) is 0 Å². The molecule has 2 rings (SSSR count). The second-order valence-corrected chi connectivity index (χ2v) is 5.13. The van der Waals surface area contributed by atoms with Crippen LogP contribution < -0.4 is 0 Å². The molecule has 1 fully saturated rings. The molecule has 0 spiro atoms. The Morgan fingerprint density at radius 1 is 1.38 bits per heavy atom. The molecule has 1 aromatic carbocycles. The molecule has 1 aromatic rings. The fraction of sp³-hybridized carbons (Fsp3) is 0.500. The highest BCUT2D eigenvalue weighted by Crippen LogP contribution is 2.33. The molecule has 1 atom stereocenters. The normalized spacial score (nSPS) is 19.7. The fourth-order valence-electron chi connectivity index (χ4n) is 2.51. The summed E-state index contributed by atoms with van der Waals surface area (Å²) in [7, 11) is 0. The highest BCUT2D eigenvalue weighted by molar-refractivity contribution is 5.96. The number of carbonyl (C=O) groups is 1. The molecule has 0 aromatic heterocycles. The average Bonchev–Trinajstić information content (AvgIpc) is 2.45. The highest BCUT2D eigenvalue weighted by atomic mass is 19.4. The first-order chi connectivity index (χ1) is 9.82. The number of rotatable bonds is 2. The molecule has 1 heterocycles. The van der Waals surface area contributed by atoms with Crippen molar-refractivity contribution in [3.63, 3.8) is 0 Å². The number of likely N-dealkylation sites (tertiary alicyclic amines) is 1. The molecule has 116 valence electrons. The zero-order valence-corrected chi connectivity index (χ0v) is 11.2. The minimum Gasteiger partial charge on any atom is -0.396 e. The van der Waals surface area contributed by atoms with Crippen LogP contribution in [0.2, 0.25) is 0 Å². The Morgan fingerprint density at radius 3 is 2.71 bits per heavy atom. The van der Waals surface area contributed by atoms with Crippen LogP contribution in [0.1, 0.15) is 28.8 Å². The zero-order chi connectivity index (χ0) is 15.6. The van der Waals surface area contributed by atoms with E-state index >= 15 is 0 Å². The Morgan fingerprint density at radius 2 is 2.10 bits per heavy atom. The third kappa shape index (κ3) is 3.53. The molecule has 0 radical (unpaired) electrons. The van der Waals surface area contributed by atoms with Gasteiger partial charge in [-0.2, -0.15) is 13.2 Å². The first-order valence-electron chi connectivity index (χ1n) is 6.60. The van der Waals surface area contributed by atoms with E-state index in [9.17, 15) is 22.4 Å². The van der Waals surface area contributed by atoms with Gasteiger partial charge in [0, 0.05) is 19.7 Å². The lowest BCUT2D eigenvalue weighted by atomic mass is 9.97. The third-order valence-electron chi connectivity index (χ3n) is 3.58. The number of hydrogen-bond acceptors (Lipinski definition) is 2. The minimum atomic E-state index is -4.79. The van der Waals surface area contributed by atoms with Gasteiger partial charge >= 0.3 is 6.18 Å². The van der Waals surface area contributed by atoms with Crippen LogP contribution in [0, 0.1) is 11.7 Å². The molecule has 1 amide bonds. The van der Waals surface area contributed by atoms with E-state index in [4.69, 9.17) is 5.11 Å². The molecule has 3 nitrogen and oxygen atoms in total. The maximum atomic E-state index is 13.0. The monoisotopic (exact) mass is 305 g/mol. The van der Waals surface area contributed by atoms with Gasteiger partial charge in [0.25, 0.3) is 5.91 Å². The molecular formula is C14H15F4NO2. The molecule has 1 N–H and O–H groups in total. The number of aliphatic hydroxyl groups is 1. The maximum Gasteiger partial charge on any atom is 0.417 e. The van der Waals surface area contributed by atoms with Crippen molar-refractivity contribution in [1.82, 2.24) is 4.90 Å². The zero-order valence-electron chi connectivity index (χ0n) is 11.2. The summed E-state index contributed by atoms with van der Waals surface area (Å²) < 4.78 is 51.8. The fourth-order valence-corrected chi connectivity index (χ4v) is 2.51. The van der Waals surface area contributed by atoms with Crippen LogP contribution in [0.15, 0.2) is 18.2 Å². The maximum absolute atomic E-state index is 13.0. The predicted molar refractivity (Wildman–Crippen MR) is 67.1 cm³/mol. The molecule has 1 aliphatic rings. The molecule has 0 bridgehead atoms. The minimum absolute atomic E-state index is 0.112. The number of hydrogen-bond donors (Lipinski definition) is 1. The topological polar surface area (TPSA) is 40.5 Å². The van der Waals surface area contributed by atoms with E-state index in [-0.39, 0.29) is 19.1 Å². The highest BCUT2D eigenvalue weighted by Gasteiger charge is 2.37. The lowest BCUT2D eigenvalue weighted by molar-refractivity contribution is -0.138. The number of carbonyl (C=O) groups excluding carboxylic acids is 1. The van der Waals surface area contributed by atoms with Gasteiger partial charge in [0.1, 0.15) is 5.82 Å². The van der Waals surface area contributed by atoms with Gasteiger partial charge in [-0.1, -0.05) is 0 Å². The number of halogens is 4. The van der Waals surface area contributed by atoms with Crippen molar-refractivity contribution < 1.29 is 27.5 Å². The van der Waals surface area contributed by atoms with Crippen LogP contribution in [0.3, 0.4) is 0 Å². The molecule has 21 heavy (non-hydrogen) atoms. The van der Waals surface area contributed by atoms with E-state index in [0.717, 1.165) is 18.6 Å². The summed E-state index contributed by atoms with van der Waals surface area (Å²) in [5.41, 5.74) is -1.82. The van der Waals surface area contributed by atoms with E-state index in [2.05, 4.69) is 0 Å². The smallest absolute Gasteiger partial charge is 0.396 e. The Balaban J connectivity index is 2.31. The van der Waals surface area contributed by atoms with Gasteiger partial charge in [0.15, 0.2) is 0 Å². The Bertz CT molecular complexity index is 530. The first kappa shape index (κ1) is 15.8. The van der Waals surface area contributed by atoms with Crippen molar-refractivity contribution in [3.8, 4) is 0 Å². The Labute approximate surface area is 119 Å². The van der Waals surface area contributed by atoms with Gasteiger partial charge in [0.2, 0.25) is 0 Å². The van der Waals surface area contributed by atoms with Crippen LogP contribution in [0.5, 0.6) is 0 Å². The van der Waals surface area contributed by atoms with Crippen LogP contribution in [0.4, 0.5) is 17.6 Å². The number of nitrogens with zero attached hydrogens (tertiary/aromatic N) is 1. The summed E-state index contributed by atoms with van der Waals surface area (Å²) in [6.45, 7) is 0.438. The predicted octanol–water partition coefficient (Wildman–Crippen LogP) is 2.69. The molecule has 1 aliphatic heterocycles. The summed E-state index contributed by atoms with van der Waals surface area (Å²) in [6, 6.07) is 2.04. The summed E-state index contributed by atoms with van der Waals surface area (Å²) >= 11 is 0. The third-order valence-corrected chi connectivity index (χ3v) is 3.58. The largest absolute Gasteiger partial charge is 0.417 e. The number of benzene rings is 1. The lowest BCUT2D eigenvalue weighted by Crippen LogP contribution is -2.41. The SMILES string of the molecule is O=C(c1ccc(F)cc1C(F)(F)F)N1CCCC(CO)C1. The molecule has 0 aliphatic carbocycles. The van der Waals surface area contributed by atoms with Crippen molar-refractivity contribution in [2.24, 2.45) is 5.92 Å². The Hall–Kier alpha value is -1.63. The van der Waals surface area contributed by atoms with Gasteiger partial charge in [-0.05, 0) is 37.0 Å². The van der Waals surface area contributed by atoms with E-state index < -0.39 is 29.0 Å². The van der Waals surface area contributed by atoms with Crippen molar-refractivity contribution in [2.75, 3.05) is 19.7 Å². The second kappa shape index (κ2) is 6.01. The van der Waals surface area contributed by atoms with Gasteiger partial charge in [-0.3, -0.25) is 4.79 Å². The van der Waals surface area contributed by atoms with Gasteiger partial charge in [-0.15, -0.1) is 0 Å². The summed E-state index contributed by atoms with van der Waals surface area (Å²) in [5, 5.41) is 9.11. The average molecular weight is 305 g/mol. The standard InChI is InChI=1S/C14H15F4NO2/c15-10-3-4-11(12(6-10)14(16,17)18)13(21)19-5-1-2-9(7-19)8-20/h3-4,6,9,20H,1-2,5,7-8H2. The number of piperidine rings is 1. The van der Waals surface area contributed by atoms with Crippen LogP contribution in [-0.2, 0) is 6.18 Å². The molecule has 1 saturated heterocycles. The second-order valence-electron chi connectivity index (χ2n) is 5.13. The van der Waals surface area contributed by atoms with Crippen molar-refractivity contribution >= 4 is 5.91 Å². The molecule has 1 unspecified atom stereocenters. The van der Waals surface area contributed by atoms with E-state index in [1.807, 2.05) is 0 Å². The van der Waals surface area contributed by atoms with Gasteiger partial charge in [-0.25, -0.2) is 4.39 Å². The van der Waals surface area contributed by atoms with E-state index in [0.29, 0.717) is 19.0 Å².